The maximum atomic E-state index is 12.4. The molecule has 3 aromatic rings. The molecule has 0 saturated heterocycles. The molecule has 0 atom stereocenters. The van der Waals surface area contributed by atoms with Gasteiger partial charge in [0.15, 0.2) is 0 Å². The summed E-state index contributed by atoms with van der Waals surface area (Å²) < 4.78 is 27.6. The van der Waals surface area contributed by atoms with Crippen molar-refractivity contribution in [2.75, 3.05) is 22.4 Å². The van der Waals surface area contributed by atoms with Crippen LogP contribution in [0.3, 0.4) is 0 Å². The lowest BCUT2D eigenvalue weighted by molar-refractivity contribution is -0.114. The Kier molecular flexibility index (Phi) is 5.07. The summed E-state index contributed by atoms with van der Waals surface area (Å²) in [6.45, 7) is 1.56. The van der Waals surface area contributed by atoms with Crippen LogP contribution in [0.4, 0.5) is 11.4 Å². The number of rotatable bonds is 5. The number of nitrogens with zero attached hydrogens (tertiary/aromatic N) is 2. The summed E-state index contributed by atoms with van der Waals surface area (Å²) in [4.78, 5) is 24.1. The van der Waals surface area contributed by atoms with Crippen LogP contribution in [0.1, 0.15) is 5.56 Å². The zero-order chi connectivity index (χ0) is 19.8. The highest BCUT2D eigenvalue weighted by molar-refractivity contribution is 7.92. The zero-order valence-electron chi connectivity index (χ0n) is 15.1. The number of fused-ring (bicyclic) bond motifs is 1. The van der Waals surface area contributed by atoms with Gasteiger partial charge in [-0.15, -0.1) is 0 Å². The average Bonchev–Trinajstić information content (AvgIpc) is 2.86. The molecule has 27 heavy (non-hydrogen) atoms. The lowest BCUT2D eigenvalue weighted by atomic mass is 10.2. The highest BCUT2D eigenvalue weighted by Crippen LogP contribution is 2.22. The fourth-order valence-electron chi connectivity index (χ4n) is 2.65. The predicted octanol–water partition coefficient (Wildman–Crippen LogP) is 2.31. The number of aromatic nitrogens is 1. The van der Waals surface area contributed by atoms with Crippen molar-refractivity contribution in [3.63, 3.8) is 0 Å². The molecule has 9 heteroatoms. The minimum atomic E-state index is -3.63. The van der Waals surface area contributed by atoms with Gasteiger partial charge in [0.1, 0.15) is 6.54 Å². The molecule has 0 fully saturated rings. The van der Waals surface area contributed by atoms with Gasteiger partial charge >= 0.3 is 4.87 Å². The number of carbonyl (C=O) groups is 1. The summed E-state index contributed by atoms with van der Waals surface area (Å²) in [5, 5.41) is 2.70. The zero-order valence-corrected chi connectivity index (χ0v) is 16.7. The van der Waals surface area contributed by atoms with E-state index in [0.29, 0.717) is 11.4 Å². The van der Waals surface area contributed by atoms with E-state index in [1.807, 2.05) is 6.92 Å². The molecule has 0 spiro atoms. The molecule has 0 saturated carbocycles. The predicted molar refractivity (Wildman–Crippen MR) is 109 cm³/mol. The Morgan fingerprint density at radius 1 is 1.19 bits per heavy atom. The van der Waals surface area contributed by atoms with Gasteiger partial charge in [0.05, 0.1) is 22.2 Å². The van der Waals surface area contributed by atoms with Gasteiger partial charge in [0, 0.05) is 12.7 Å². The van der Waals surface area contributed by atoms with Gasteiger partial charge in [0.25, 0.3) is 0 Å². The first-order chi connectivity index (χ1) is 12.6. The summed E-state index contributed by atoms with van der Waals surface area (Å²) in [5.74, 6) is -0.469. The van der Waals surface area contributed by atoms with E-state index in [1.165, 1.54) is 4.57 Å². The molecule has 1 aromatic heterocycles. The number of sulfonamides is 1. The summed E-state index contributed by atoms with van der Waals surface area (Å²) in [5.41, 5.74) is 2.70. The highest BCUT2D eigenvalue weighted by atomic mass is 32.2. The maximum Gasteiger partial charge on any atom is 0.307 e. The van der Waals surface area contributed by atoms with Crippen molar-refractivity contribution < 1.29 is 13.2 Å². The van der Waals surface area contributed by atoms with E-state index in [1.54, 1.807) is 49.5 Å². The van der Waals surface area contributed by atoms with Crippen LogP contribution in [0.15, 0.2) is 47.3 Å². The van der Waals surface area contributed by atoms with E-state index >= 15 is 0 Å². The first-order valence-electron chi connectivity index (χ1n) is 8.09. The molecule has 142 valence electrons. The van der Waals surface area contributed by atoms with Gasteiger partial charge in [-0.25, -0.2) is 8.42 Å². The smallest absolute Gasteiger partial charge is 0.307 e. The third-order valence-corrected chi connectivity index (χ3v) is 6.22. The highest BCUT2D eigenvalue weighted by Gasteiger charge is 2.21. The molecule has 0 aliphatic heterocycles. The number of anilines is 2. The van der Waals surface area contributed by atoms with Crippen LogP contribution in [0.25, 0.3) is 10.2 Å². The molecule has 3 rings (SSSR count). The van der Waals surface area contributed by atoms with Gasteiger partial charge in [-0.1, -0.05) is 29.0 Å². The largest absolute Gasteiger partial charge is 0.324 e. The van der Waals surface area contributed by atoms with Gasteiger partial charge in [-0.05, 0) is 37.3 Å². The summed E-state index contributed by atoms with van der Waals surface area (Å²) >= 11 is 1.09. The normalized spacial score (nSPS) is 11.5. The molecule has 0 bridgehead atoms. The second-order valence-electron chi connectivity index (χ2n) is 6.26. The second kappa shape index (κ2) is 7.16. The van der Waals surface area contributed by atoms with Crippen molar-refractivity contribution in [3.8, 4) is 0 Å². The van der Waals surface area contributed by atoms with Gasteiger partial charge in [-0.2, -0.15) is 0 Å². The molecule has 0 radical (unpaired) electrons. The van der Waals surface area contributed by atoms with E-state index in [-0.39, 0.29) is 11.4 Å². The summed E-state index contributed by atoms with van der Waals surface area (Å²) in [6.07, 6.45) is 1.06. The Morgan fingerprint density at radius 2 is 1.85 bits per heavy atom. The maximum absolute atomic E-state index is 12.4. The molecule has 1 heterocycles. The number of benzene rings is 2. The number of aryl methyl sites for hydroxylation is 2. The Labute approximate surface area is 160 Å². The van der Waals surface area contributed by atoms with Crippen LogP contribution in [-0.4, -0.2) is 31.7 Å². The third-order valence-electron chi connectivity index (χ3n) is 4.09. The van der Waals surface area contributed by atoms with Crippen molar-refractivity contribution in [2.24, 2.45) is 7.05 Å². The quantitative estimate of drug-likeness (QED) is 0.706. The van der Waals surface area contributed by atoms with E-state index in [9.17, 15) is 18.0 Å². The molecule has 7 nitrogen and oxygen atoms in total. The van der Waals surface area contributed by atoms with E-state index in [2.05, 4.69) is 5.32 Å². The molecular weight excluding hydrogens is 386 g/mol. The Bertz CT molecular complexity index is 1160. The standard InChI is InChI=1S/C18H19N3O4S2/c1-12-4-7-14(8-5-12)21(27(3,24)25)11-17(22)19-13-6-9-15-16(10-13)26-18(23)20(15)2/h4-10H,11H2,1-3H3,(H,19,22). The molecule has 0 unspecified atom stereocenters. The molecule has 1 amide bonds. The summed E-state index contributed by atoms with van der Waals surface area (Å²) in [7, 11) is -1.94. The first kappa shape index (κ1) is 19.1. The van der Waals surface area contributed by atoms with Gasteiger partial charge in [0.2, 0.25) is 15.9 Å². The number of carbonyl (C=O) groups excluding carboxylic acids is 1. The van der Waals surface area contributed by atoms with Crippen LogP contribution in [0, 0.1) is 6.92 Å². The second-order valence-corrected chi connectivity index (χ2v) is 9.16. The van der Waals surface area contributed by atoms with Gasteiger partial charge in [-0.3, -0.25) is 13.9 Å². The number of amides is 1. The van der Waals surface area contributed by atoms with Crippen LogP contribution in [0.5, 0.6) is 0 Å². The van der Waals surface area contributed by atoms with Crippen LogP contribution in [0.2, 0.25) is 0 Å². The Hall–Kier alpha value is -2.65. The summed E-state index contributed by atoms with van der Waals surface area (Å²) in [6, 6.07) is 12.0. The van der Waals surface area contributed by atoms with Crippen LogP contribution >= 0.6 is 11.3 Å². The van der Waals surface area contributed by atoms with Crippen LogP contribution in [-0.2, 0) is 21.9 Å². The fraction of sp³-hybridized carbons (Fsp3) is 0.222. The lowest BCUT2D eigenvalue weighted by Gasteiger charge is -2.22. The van der Waals surface area contributed by atoms with Crippen molar-refractivity contribution in [1.29, 1.82) is 0 Å². The molecule has 1 N–H and O–H groups in total. The third kappa shape index (κ3) is 4.20. The topological polar surface area (TPSA) is 88.5 Å². The average molecular weight is 406 g/mol. The Balaban J connectivity index is 1.82. The number of thiazole rings is 1. The fourth-order valence-corrected chi connectivity index (χ4v) is 4.43. The molecule has 0 aliphatic carbocycles. The number of nitrogens with one attached hydrogen (secondary N) is 1. The van der Waals surface area contributed by atoms with E-state index < -0.39 is 15.9 Å². The first-order valence-corrected chi connectivity index (χ1v) is 10.8. The molecule has 2 aromatic carbocycles. The van der Waals surface area contributed by atoms with Crippen molar-refractivity contribution in [1.82, 2.24) is 4.57 Å². The SMILES string of the molecule is Cc1ccc(N(CC(=O)Nc2ccc3c(c2)sc(=O)n3C)S(C)(=O)=O)cc1. The Morgan fingerprint density at radius 3 is 2.48 bits per heavy atom. The number of hydrogen-bond acceptors (Lipinski definition) is 5. The lowest BCUT2D eigenvalue weighted by Crippen LogP contribution is -2.37. The number of hydrogen-bond donors (Lipinski definition) is 1. The van der Waals surface area contributed by atoms with Crippen molar-refractivity contribution >= 4 is 48.9 Å². The minimum absolute atomic E-state index is 0.0869. The monoisotopic (exact) mass is 405 g/mol. The van der Waals surface area contributed by atoms with Crippen molar-refractivity contribution in [3.05, 3.63) is 57.7 Å². The minimum Gasteiger partial charge on any atom is -0.324 e. The molecule has 0 aliphatic rings. The van der Waals surface area contributed by atoms with Crippen molar-refractivity contribution in [2.45, 2.75) is 6.92 Å². The van der Waals surface area contributed by atoms with E-state index in [4.69, 9.17) is 0 Å². The van der Waals surface area contributed by atoms with E-state index in [0.717, 1.165) is 37.7 Å². The van der Waals surface area contributed by atoms with Gasteiger partial charge < -0.3 is 9.88 Å². The van der Waals surface area contributed by atoms with Crippen LogP contribution < -0.4 is 14.5 Å². The molecular formula is C18H19N3O4S2.